The molecule has 0 saturated heterocycles. The van der Waals surface area contributed by atoms with Crippen LogP contribution in [0.5, 0.6) is 5.75 Å². The molecular weight excluding hydrogens is 477 g/mol. The van der Waals surface area contributed by atoms with Gasteiger partial charge in [-0.15, -0.1) is 11.6 Å². The van der Waals surface area contributed by atoms with E-state index >= 15 is 0 Å². The second kappa shape index (κ2) is 8.76. The normalized spacial score (nSPS) is 20.5. The Kier molecular flexibility index (Phi) is 5.88. The summed E-state index contributed by atoms with van der Waals surface area (Å²) in [6.07, 6.45) is 4.24. The summed E-state index contributed by atoms with van der Waals surface area (Å²) < 4.78 is 22.1. The standard InChI is InChI=1S/C24H25ClFN5O4/c1-24(2,34)20(26)12-30-11-13-6-18(19(9-16(13)23(30)33)35-15-7-14(25)8-15)29-22(32)17-10-28-31-5-3-4-27-21(17)31/h3-6,9-10,14-15,20,34H,7-8,11-12H2,1-2H3,(H,29,32). The van der Waals surface area contributed by atoms with Crippen LogP contribution in [-0.4, -0.2) is 66.2 Å². The van der Waals surface area contributed by atoms with Gasteiger partial charge in [-0.25, -0.2) is 13.9 Å². The number of amides is 2. The van der Waals surface area contributed by atoms with Gasteiger partial charge < -0.3 is 20.1 Å². The number of hydrogen-bond donors (Lipinski definition) is 2. The molecule has 0 spiro atoms. The molecule has 2 aliphatic rings. The summed E-state index contributed by atoms with van der Waals surface area (Å²) in [4.78, 5) is 31.7. The molecule has 3 aromatic rings. The molecule has 9 nitrogen and oxygen atoms in total. The minimum Gasteiger partial charge on any atom is -0.488 e. The summed E-state index contributed by atoms with van der Waals surface area (Å²) in [5.74, 6) is -0.450. The highest BCUT2D eigenvalue weighted by Crippen LogP contribution is 2.38. The molecule has 11 heteroatoms. The molecule has 184 valence electrons. The molecule has 0 radical (unpaired) electrons. The van der Waals surface area contributed by atoms with Gasteiger partial charge in [-0.3, -0.25) is 9.59 Å². The third kappa shape index (κ3) is 4.55. The van der Waals surface area contributed by atoms with Crippen molar-refractivity contribution < 1.29 is 23.8 Å². The van der Waals surface area contributed by atoms with Gasteiger partial charge >= 0.3 is 0 Å². The number of alkyl halides is 2. The molecule has 0 bridgehead atoms. The van der Waals surface area contributed by atoms with Gasteiger partial charge in [0.25, 0.3) is 11.8 Å². The predicted molar refractivity (Wildman–Crippen MR) is 127 cm³/mol. The van der Waals surface area contributed by atoms with Crippen molar-refractivity contribution in [2.75, 3.05) is 11.9 Å². The molecule has 1 saturated carbocycles. The lowest BCUT2D eigenvalue weighted by atomic mass is 9.95. The van der Waals surface area contributed by atoms with Crippen molar-refractivity contribution in [1.29, 1.82) is 0 Å². The molecule has 5 rings (SSSR count). The number of nitrogens with one attached hydrogen (secondary N) is 1. The van der Waals surface area contributed by atoms with Crippen LogP contribution in [0.15, 0.2) is 36.8 Å². The third-order valence-electron chi connectivity index (χ3n) is 6.33. The summed E-state index contributed by atoms with van der Waals surface area (Å²) in [5.41, 5.74) is 0.496. The monoisotopic (exact) mass is 501 g/mol. The average molecular weight is 502 g/mol. The quantitative estimate of drug-likeness (QED) is 0.481. The largest absolute Gasteiger partial charge is 0.488 e. The van der Waals surface area contributed by atoms with Crippen molar-refractivity contribution in [3.8, 4) is 5.75 Å². The molecule has 1 unspecified atom stereocenters. The van der Waals surface area contributed by atoms with E-state index in [0.717, 1.165) is 0 Å². The SMILES string of the molecule is CC(C)(O)C(F)CN1Cc2cc(NC(=O)c3cnn4cccnc34)c(OC3CC(Cl)C3)cc2C1=O. The van der Waals surface area contributed by atoms with Crippen molar-refractivity contribution in [2.24, 2.45) is 0 Å². The lowest BCUT2D eigenvalue weighted by molar-refractivity contribution is -0.0159. The maximum Gasteiger partial charge on any atom is 0.261 e. The third-order valence-corrected chi connectivity index (χ3v) is 6.69. The maximum atomic E-state index is 14.5. The van der Waals surface area contributed by atoms with Crippen molar-refractivity contribution in [3.63, 3.8) is 0 Å². The molecular formula is C24H25ClFN5O4. The van der Waals surface area contributed by atoms with E-state index in [4.69, 9.17) is 16.3 Å². The van der Waals surface area contributed by atoms with Crippen LogP contribution in [0.25, 0.3) is 5.65 Å². The smallest absolute Gasteiger partial charge is 0.261 e. The van der Waals surface area contributed by atoms with Crippen LogP contribution >= 0.6 is 11.6 Å². The second-order valence-corrected chi connectivity index (χ2v) is 10.1. The first-order valence-corrected chi connectivity index (χ1v) is 11.8. The van der Waals surface area contributed by atoms with Crippen LogP contribution in [0.3, 0.4) is 0 Å². The number of carbonyl (C=O) groups is 2. The zero-order valence-electron chi connectivity index (χ0n) is 19.2. The fourth-order valence-electron chi connectivity index (χ4n) is 4.12. The molecule has 1 fully saturated rings. The number of carbonyl (C=O) groups excluding carboxylic acids is 2. The van der Waals surface area contributed by atoms with Crippen molar-refractivity contribution in [1.82, 2.24) is 19.5 Å². The fourth-order valence-corrected chi connectivity index (χ4v) is 4.51. The lowest BCUT2D eigenvalue weighted by Crippen LogP contribution is -2.42. The van der Waals surface area contributed by atoms with Crippen molar-refractivity contribution >= 4 is 34.7 Å². The van der Waals surface area contributed by atoms with Gasteiger partial charge in [0.05, 0.1) is 24.0 Å². The van der Waals surface area contributed by atoms with Crippen LogP contribution in [0.4, 0.5) is 10.1 Å². The van der Waals surface area contributed by atoms with Crippen LogP contribution < -0.4 is 10.1 Å². The number of rotatable bonds is 7. The van der Waals surface area contributed by atoms with Crippen molar-refractivity contribution in [3.05, 3.63) is 53.5 Å². The van der Waals surface area contributed by atoms with E-state index in [1.807, 2.05) is 0 Å². The first kappa shape index (κ1) is 23.5. The predicted octanol–water partition coefficient (Wildman–Crippen LogP) is 3.20. The van der Waals surface area contributed by atoms with Gasteiger partial charge in [0.1, 0.15) is 23.6 Å². The molecule has 3 heterocycles. The highest BCUT2D eigenvalue weighted by molar-refractivity contribution is 6.21. The minimum atomic E-state index is -1.62. The fraction of sp³-hybridized carbons (Fsp3) is 0.417. The van der Waals surface area contributed by atoms with E-state index in [1.54, 1.807) is 30.6 Å². The van der Waals surface area contributed by atoms with Gasteiger partial charge in [-0.05, 0) is 37.6 Å². The van der Waals surface area contributed by atoms with Crippen LogP contribution in [0.2, 0.25) is 0 Å². The van der Waals surface area contributed by atoms with E-state index in [1.165, 1.54) is 29.5 Å². The second-order valence-electron chi connectivity index (χ2n) is 9.52. The van der Waals surface area contributed by atoms with Gasteiger partial charge in [0.2, 0.25) is 0 Å². The maximum absolute atomic E-state index is 14.5. The van der Waals surface area contributed by atoms with Crippen LogP contribution in [-0.2, 0) is 6.54 Å². The number of hydrogen-bond acceptors (Lipinski definition) is 6. The molecule has 1 aromatic carbocycles. The molecule has 2 amide bonds. The minimum absolute atomic E-state index is 0.0257. The highest BCUT2D eigenvalue weighted by Gasteiger charge is 2.36. The Bertz CT molecular complexity index is 1300. The van der Waals surface area contributed by atoms with E-state index in [2.05, 4.69) is 15.4 Å². The Labute approximate surface area is 205 Å². The first-order valence-electron chi connectivity index (χ1n) is 11.3. The van der Waals surface area contributed by atoms with E-state index in [0.29, 0.717) is 41.1 Å². The Morgan fingerprint density at radius 2 is 2.17 bits per heavy atom. The van der Waals surface area contributed by atoms with Gasteiger partial charge in [0.15, 0.2) is 5.65 Å². The topological polar surface area (TPSA) is 109 Å². The Hall–Kier alpha value is -3.24. The molecule has 1 aliphatic heterocycles. The van der Waals surface area contributed by atoms with Gasteiger partial charge in [-0.2, -0.15) is 5.10 Å². The van der Waals surface area contributed by atoms with Crippen molar-refractivity contribution in [2.45, 2.75) is 56.5 Å². The number of halogens is 2. The lowest BCUT2D eigenvalue weighted by Gasteiger charge is -2.32. The number of fused-ring (bicyclic) bond motifs is 2. The summed E-state index contributed by atoms with van der Waals surface area (Å²) >= 11 is 6.10. The first-order chi connectivity index (χ1) is 16.6. The Morgan fingerprint density at radius 1 is 1.40 bits per heavy atom. The Balaban J connectivity index is 1.44. The number of aliphatic hydroxyl groups is 1. The molecule has 1 aliphatic carbocycles. The molecule has 1 atom stereocenters. The molecule has 35 heavy (non-hydrogen) atoms. The summed E-state index contributed by atoms with van der Waals surface area (Å²) in [5, 5.41) is 17.0. The number of anilines is 1. The summed E-state index contributed by atoms with van der Waals surface area (Å²) in [6, 6.07) is 4.97. The Morgan fingerprint density at radius 3 is 2.89 bits per heavy atom. The number of ether oxygens (including phenoxy) is 1. The van der Waals surface area contributed by atoms with E-state index in [9.17, 15) is 19.1 Å². The zero-order chi connectivity index (χ0) is 24.9. The molecule has 2 aromatic heterocycles. The number of aromatic nitrogens is 3. The summed E-state index contributed by atoms with van der Waals surface area (Å²) in [6.45, 7) is 2.63. The molecule has 2 N–H and O–H groups in total. The van der Waals surface area contributed by atoms with Gasteiger partial charge in [-0.1, -0.05) is 0 Å². The zero-order valence-corrected chi connectivity index (χ0v) is 20.0. The van der Waals surface area contributed by atoms with Crippen LogP contribution in [0, 0.1) is 0 Å². The number of benzene rings is 1. The van der Waals surface area contributed by atoms with Gasteiger partial charge in [0, 0.05) is 42.7 Å². The van der Waals surface area contributed by atoms with E-state index < -0.39 is 17.7 Å². The van der Waals surface area contributed by atoms with Crippen LogP contribution in [0.1, 0.15) is 53.0 Å². The van der Waals surface area contributed by atoms with E-state index in [-0.39, 0.29) is 36.0 Å². The summed E-state index contributed by atoms with van der Waals surface area (Å²) in [7, 11) is 0. The average Bonchev–Trinajstić information content (AvgIpc) is 3.34. The highest BCUT2D eigenvalue weighted by atomic mass is 35.5. The number of nitrogens with zero attached hydrogens (tertiary/aromatic N) is 4.